The molecule has 0 unspecified atom stereocenters. The molecule has 104 valence electrons. The summed E-state index contributed by atoms with van der Waals surface area (Å²) >= 11 is 0. The first-order valence-corrected chi connectivity index (χ1v) is 6.42. The van der Waals surface area contributed by atoms with E-state index in [-0.39, 0.29) is 11.4 Å². The molecular weight excluding hydrogens is 253 g/mol. The van der Waals surface area contributed by atoms with Crippen LogP contribution in [-0.2, 0) is 13.1 Å². The van der Waals surface area contributed by atoms with Gasteiger partial charge in [-0.2, -0.15) is 0 Å². The molecule has 0 saturated heterocycles. The van der Waals surface area contributed by atoms with Gasteiger partial charge in [-0.3, -0.25) is 10.3 Å². The molecule has 4 heteroatoms. The predicted octanol–water partition coefficient (Wildman–Crippen LogP) is 2.74. The van der Waals surface area contributed by atoms with E-state index in [2.05, 4.69) is 0 Å². The Balaban J connectivity index is 2.10. The van der Waals surface area contributed by atoms with Crippen LogP contribution in [0.3, 0.4) is 0 Å². The molecule has 0 aliphatic rings. The number of nitrogens with zero attached hydrogens (tertiary/aromatic N) is 1. The highest BCUT2D eigenvalue weighted by atomic mass is 19.1. The van der Waals surface area contributed by atoms with Crippen LogP contribution >= 0.6 is 0 Å². The Morgan fingerprint density at radius 2 is 1.80 bits per heavy atom. The molecule has 3 nitrogen and oxygen atoms in total. The van der Waals surface area contributed by atoms with Crippen LogP contribution in [0.2, 0.25) is 0 Å². The predicted molar refractivity (Wildman–Crippen MR) is 79.0 cm³/mol. The molecule has 20 heavy (non-hydrogen) atoms. The average Bonchev–Trinajstić information content (AvgIpc) is 2.42. The van der Waals surface area contributed by atoms with E-state index in [0.717, 1.165) is 6.54 Å². The van der Waals surface area contributed by atoms with Crippen LogP contribution in [0.15, 0.2) is 48.5 Å². The van der Waals surface area contributed by atoms with Crippen molar-refractivity contribution in [3.05, 3.63) is 71.0 Å². The average molecular weight is 271 g/mol. The lowest BCUT2D eigenvalue weighted by Gasteiger charge is -2.18. The zero-order valence-corrected chi connectivity index (χ0v) is 11.4. The van der Waals surface area contributed by atoms with E-state index in [0.29, 0.717) is 12.1 Å². The molecule has 0 aromatic heterocycles. The molecule has 0 spiro atoms. The van der Waals surface area contributed by atoms with E-state index >= 15 is 0 Å². The normalized spacial score (nSPS) is 10.8. The highest BCUT2D eigenvalue weighted by Crippen LogP contribution is 2.15. The van der Waals surface area contributed by atoms with Gasteiger partial charge in [0.25, 0.3) is 0 Å². The minimum atomic E-state index is -0.403. The molecule has 0 radical (unpaired) electrons. The third kappa shape index (κ3) is 3.42. The summed E-state index contributed by atoms with van der Waals surface area (Å²) in [6, 6.07) is 15.0. The number of nitrogens with two attached hydrogens (primary N) is 1. The van der Waals surface area contributed by atoms with Crippen molar-refractivity contribution in [3.63, 3.8) is 0 Å². The zero-order chi connectivity index (χ0) is 14.5. The molecule has 0 heterocycles. The Labute approximate surface area is 118 Å². The minimum absolute atomic E-state index is 0.163. The van der Waals surface area contributed by atoms with Gasteiger partial charge in [-0.1, -0.05) is 42.5 Å². The standard InChI is InChI=1S/C16H18FN3/c1-20(10-12-6-3-2-4-7-12)11-13-8-5-9-14(15(13)17)16(18)19/h2-9H,10-11H2,1H3,(H3,18,19). The number of rotatable bonds is 5. The molecule has 2 rings (SSSR count). The van der Waals surface area contributed by atoms with E-state index in [4.69, 9.17) is 11.1 Å². The molecule has 0 atom stereocenters. The van der Waals surface area contributed by atoms with E-state index in [1.54, 1.807) is 12.1 Å². The highest BCUT2D eigenvalue weighted by Gasteiger charge is 2.11. The summed E-state index contributed by atoms with van der Waals surface area (Å²) in [5.74, 6) is -0.644. The fourth-order valence-corrected chi connectivity index (χ4v) is 2.15. The third-order valence-electron chi connectivity index (χ3n) is 3.10. The lowest BCUT2D eigenvalue weighted by Crippen LogP contribution is -2.20. The third-order valence-corrected chi connectivity index (χ3v) is 3.10. The molecule has 0 saturated carbocycles. The Morgan fingerprint density at radius 1 is 1.10 bits per heavy atom. The van der Waals surface area contributed by atoms with Crippen LogP contribution < -0.4 is 5.73 Å². The summed E-state index contributed by atoms with van der Waals surface area (Å²) in [6.07, 6.45) is 0. The fraction of sp³-hybridized carbons (Fsp3) is 0.188. The highest BCUT2D eigenvalue weighted by molar-refractivity contribution is 5.95. The maximum absolute atomic E-state index is 14.2. The van der Waals surface area contributed by atoms with Crippen molar-refractivity contribution < 1.29 is 4.39 Å². The number of hydrogen-bond acceptors (Lipinski definition) is 2. The van der Waals surface area contributed by atoms with Gasteiger partial charge in [-0.15, -0.1) is 0 Å². The van der Waals surface area contributed by atoms with Crippen LogP contribution in [0, 0.1) is 11.2 Å². The number of benzene rings is 2. The molecule has 2 aromatic rings. The first-order chi connectivity index (χ1) is 9.58. The molecule has 0 bridgehead atoms. The van der Waals surface area contributed by atoms with Crippen LogP contribution in [0.25, 0.3) is 0 Å². The van der Waals surface area contributed by atoms with E-state index < -0.39 is 5.82 Å². The SMILES string of the molecule is CN(Cc1ccccc1)Cc1cccc(C(=N)N)c1F. The van der Waals surface area contributed by atoms with Crippen molar-refractivity contribution in [1.82, 2.24) is 4.90 Å². The van der Waals surface area contributed by atoms with Gasteiger partial charge in [0.05, 0.1) is 5.56 Å². The Hall–Kier alpha value is -2.20. The van der Waals surface area contributed by atoms with Gasteiger partial charge in [0, 0.05) is 18.7 Å². The van der Waals surface area contributed by atoms with Crippen LogP contribution in [-0.4, -0.2) is 17.8 Å². The maximum Gasteiger partial charge on any atom is 0.138 e. The molecule has 0 fully saturated rings. The fourth-order valence-electron chi connectivity index (χ4n) is 2.15. The topological polar surface area (TPSA) is 53.1 Å². The van der Waals surface area contributed by atoms with Gasteiger partial charge in [-0.25, -0.2) is 4.39 Å². The first-order valence-electron chi connectivity index (χ1n) is 6.42. The second-order valence-corrected chi connectivity index (χ2v) is 4.85. The Morgan fingerprint density at radius 3 is 2.45 bits per heavy atom. The van der Waals surface area contributed by atoms with Crippen LogP contribution in [0.4, 0.5) is 4.39 Å². The van der Waals surface area contributed by atoms with Gasteiger partial charge in [-0.05, 0) is 18.7 Å². The number of amidine groups is 1. The van der Waals surface area contributed by atoms with Crippen molar-refractivity contribution in [2.45, 2.75) is 13.1 Å². The second-order valence-electron chi connectivity index (χ2n) is 4.85. The summed E-state index contributed by atoms with van der Waals surface area (Å²) in [6.45, 7) is 1.21. The number of nitrogen functional groups attached to an aromatic ring is 1. The summed E-state index contributed by atoms with van der Waals surface area (Å²) in [7, 11) is 1.94. The van der Waals surface area contributed by atoms with Crippen molar-refractivity contribution in [2.24, 2.45) is 5.73 Å². The largest absolute Gasteiger partial charge is 0.384 e. The Kier molecular flexibility index (Phi) is 4.48. The summed E-state index contributed by atoms with van der Waals surface area (Å²) < 4.78 is 14.2. The van der Waals surface area contributed by atoms with E-state index in [9.17, 15) is 4.39 Å². The minimum Gasteiger partial charge on any atom is -0.384 e. The van der Waals surface area contributed by atoms with E-state index in [1.165, 1.54) is 11.6 Å². The molecule has 2 aromatic carbocycles. The number of nitrogens with one attached hydrogen (secondary N) is 1. The van der Waals surface area contributed by atoms with Gasteiger partial charge < -0.3 is 5.73 Å². The maximum atomic E-state index is 14.2. The van der Waals surface area contributed by atoms with Gasteiger partial charge in [0.15, 0.2) is 0 Å². The first kappa shape index (κ1) is 14.2. The summed E-state index contributed by atoms with van der Waals surface area (Å²) in [5, 5.41) is 7.36. The van der Waals surface area contributed by atoms with Crippen molar-refractivity contribution in [3.8, 4) is 0 Å². The van der Waals surface area contributed by atoms with Crippen molar-refractivity contribution >= 4 is 5.84 Å². The number of halogens is 1. The van der Waals surface area contributed by atoms with Gasteiger partial charge in [0.1, 0.15) is 11.7 Å². The number of hydrogen-bond donors (Lipinski definition) is 2. The summed E-state index contributed by atoms with van der Waals surface area (Å²) in [4.78, 5) is 2.03. The molecule has 0 amide bonds. The van der Waals surface area contributed by atoms with Crippen molar-refractivity contribution in [1.29, 1.82) is 5.41 Å². The molecule has 0 aliphatic heterocycles. The lowest BCUT2D eigenvalue weighted by molar-refractivity contribution is 0.313. The molecule has 3 N–H and O–H groups in total. The van der Waals surface area contributed by atoms with E-state index in [1.807, 2.05) is 42.3 Å². The lowest BCUT2D eigenvalue weighted by atomic mass is 10.1. The second kappa shape index (κ2) is 6.30. The quantitative estimate of drug-likeness (QED) is 0.649. The van der Waals surface area contributed by atoms with Crippen molar-refractivity contribution in [2.75, 3.05) is 7.05 Å². The van der Waals surface area contributed by atoms with Crippen LogP contribution in [0.1, 0.15) is 16.7 Å². The smallest absolute Gasteiger partial charge is 0.138 e. The Bertz CT molecular complexity index is 596. The molecule has 0 aliphatic carbocycles. The summed E-state index contributed by atoms with van der Waals surface area (Å²) in [5.41, 5.74) is 7.26. The zero-order valence-electron chi connectivity index (χ0n) is 11.4. The van der Waals surface area contributed by atoms with Crippen LogP contribution in [0.5, 0.6) is 0 Å². The van der Waals surface area contributed by atoms with Gasteiger partial charge in [0.2, 0.25) is 0 Å². The van der Waals surface area contributed by atoms with Gasteiger partial charge >= 0.3 is 0 Å². The monoisotopic (exact) mass is 271 g/mol. The molecular formula is C16H18FN3.